The van der Waals surface area contributed by atoms with E-state index in [-0.39, 0.29) is 76.0 Å². The van der Waals surface area contributed by atoms with E-state index in [0.29, 0.717) is 85.0 Å². The van der Waals surface area contributed by atoms with E-state index in [0.717, 1.165) is 119 Å². The molecule has 25 nitrogen and oxygen atoms in total. The number of piperazine rings is 2. The number of rotatable bonds is 21. The van der Waals surface area contributed by atoms with E-state index < -0.39 is 92.3 Å². The molecule has 44 heteroatoms. The van der Waals surface area contributed by atoms with Gasteiger partial charge in [-0.25, -0.2) is 14.4 Å². The summed E-state index contributed by atoms with van der Waals surface area (Å²) >= 11 is 14.3. The minimum absolute atomic E-state index is 0.0305. The zero-order chi connectivity index (χ0) is 107. The van der Waals surface area contributed by atoms with Gasteiger partial charge in [0.2, 0.25) is 0 Å². The molecular formula is C103H88BCl3F15N6O19. The quantitative estimate of drug-likeness (QED) is 0.0171. The lowest BCUT2D eigenvalue weighted by molar-refractivity contribution is -0.138. The third-order valence-corrected chi connectivity index (χ3v) is 22.0. The van der Waals surface area contributed by atoms with E-state index in [4.69, 9.17) is 45.8 Å². The number of hydrogen-bond donors (Lipinski definition) is 4. The number of hydrogen-bond acceptors (Lipinski definition) is 21. The Kier molecular flexibility index (Phi) is 43.2. The van der Waals surface area contributed by atoms with Gasteiger partial charge in [0.15, 0.2) is 0 Å². The molecule has 4 fully saturated rings. The maximum atomic E-state index is 12.9. The average Bonchev–Trinajstić information content (AvgIpc) is 0.788. The Morgan fingerprint density at radius 2 is 0.619 bits per heavy atom. The maximum Gasteiger partial charge on any atom is 0.485 e. The molecule has 0 atom stereocenters. The van der Waals surface area contributed by atoms with Crippen molar-refractivity contribution in [3.05, 3.63) is 376 Å². The molecule has 0 saturated carbocycles. The van der Waals surface area contributed by atoms with Crippen LogP contribution >= 0.6 is 34.8 Å². The van der Waals surface area contributed by atoms with Gasteiger partial charge in [-0.2, -0.15) is 65.9 Å². The predicted molar refractivity (Wildman–Crippen MR) is 510 cm³/mol. The number of alkyl halides is 15. The highest BCUT2D eigenvalue weighted by molar-refractivity contribution is 6.97. The van der Waals surface area contributed by atoms with Gasteiger partial charge < -0.3 is 68.3 Å². The van der Waals surface area contributed by atoms with Crippen LogP contribution in [0.3, 0.4) is 0 Å². The summed E-state index contributed by atoms with van der Waals surface area (Å²) in [6.07, 6.45) is -22.1. The summed E-state index contributed by atoms with van der Waals surface area (Å²) in [5.41, 5.74) is -0.434. The van der Waals surface area contributed by atoms with Crippen molar-refractivity contribution in [2.45, 2.75) is 49.6 Å². The number of carboxylic acids is 1. The van der Waals surface area contributed by atoms with Crippen LogP contribution in [-0.4, -0.2) is 204 Å². The fourth-order valence-electron chi connectivity index (χ4n) is 13.6. The van der Waals surface area contributed by atoms with Gasteiger partial charge in [0, 0.05) is 113 Å². The summed E-state index contributed by atoms with van der Waals surface area (Å²) in [7, 11) is 3.02. The number of nitrogens with zero attached hydrogens (tertiary/aromatic N) is 5. The number of benzene rings is 12. The number of carbonyl (C=O) groups is 9. The Balaban J connectivity index is 0.000000194. The number of amides is 3. The summed E-state index contributed by atoms with van der Waals surface area (Å²) in [6, 6.07) is 72.0. The lowest BCUT2D eigenvalue weighted by Crippen LogP contribution is -2.64. The molecule has 4 saturated heterocycles. The first-order chi connectivity index (χ1) is 69.7. The summed E-state index contributed by atoms with van der Waals surface area (Å²) in [5.74, 6) is -0.261. The molecule has 4 aliphatic heterocycles. The zero-order valence-corrected chi connectivity index (χ0v) is 79.5. The van der Waals surface area contributed by atoms with E-state index in [1.165, 1.54) is 172 Å². The van der Waals surface area contributed by atoms with Gasteiger partial charge in [-0.05, 0) is 271 Å². The molecule has 1 radical (unpaired) electrons. The molecule has 4 heterocycles. The van der Waals surface area contributed by atoms with Crippen LogP contribution in [0.5, 0.6) is 51.7 Å². The Hall–Kier alpha value is -14.8. The molecule has 12 aromatic carbocycles. The normalized spacial score (nSPS) is 13.6. The first-order valence-electron chi connectivity index (χ1n) is 43.7. The first kappa shape index (κ1) is 116. The van der Waals surface area contributed by atoms with Crippen LogP contribution in [0, 0.1) is 0 Å². The summed E-state index contributed by atoms with van der Waals surface area (Å²) in [6.45, 7) is 9.93. The summed E-state index contributed by atoms with van der Waals surface area (Å²) < 4.78 is 223. The van der Waals surface area contributed by atoms with Crippen molar-refractivity contribution in [2.24, 2.45) is 0 Å². The van der Waals surface area contributed by atoms with E-state index in [2.05, 4.69) is 52.4 Å². The molecule has 147 heavy (non-hydrogen) atoms. The number of nitrogens with one attached hydrogen (secondary N) is 1. The molecule has 0 aliphatic carbocycles. The molecule has 3 amide bonds. The minimum Gasteiger partial charge on any atom is -0.508 e. The Bertz CT molecular complexity index is 6220. The zero-order valence-electron chi connectivity index (χ0n) is 77.2. The number of aromatic carboxylic acids is 1. The van der Waals surface area contributed by atoms with Gasteiger partial charge in [0.1, 0.15) is 51.7 Å². The molecule has 0 aromatic heterocycles. The highest BCUT2D eigenvalue weighted by Crippen LogP contribution is 2.39. The molecule has 4 aliphatic rings. The second-order valence-corrected chi connectivity index (χ2v) is 32.5. The SMILES string of the molecule is COC(=O)c1ccc(O)cc1.COC(=O)c1ccc(Oc2cccc(C(F)(F)F)c2)cc1.O=C(Cl)C(=O)Cl.O=C(Cl)c1ccc(Oc2cccc(C(F)(F)F)c2)cc1.O=C(O)c1ccc(Oc2cccc(C(F)(F)F)c2)cc1.O=C(c1ccccc1)N1CCN(C2CN(C(=O)c3ccc(Oc4cccc(C(F)(F)F)c4)cc3)C2)CC1.O=C(c1ccccc1)N1CCN(C2CNC2)CC1.O[B]OCc1cccc(C(F)(F)F)c1. The maximum absolute atomic E-state index is 12.9. The second kappa shape index (κ2) is 54.9. The number of esters is 2. The topological polar surface area (TPSA) is 307 Å². The number of ether oxygens (including phenoxy) is 6. The largest absolute Gasteiger partial charge is 0.508 e. The van der Waals surface area contributed by atoms with Crippen molar-refractivity contribution in [3.63, 3.8) is 0 Å². The first-order valence-corrected chi connectivity index (χ1v) is 44.8. The molecule has 0 bridgehead atoms. The van der Waals surface area contributed by atoms with Crippen molar-refractivity contribution in [2.75, 3.05) is 92.8 Å². The van der Waals surface area contributed by atoms with Crippen molar-refractivity contribution in [3.8, 4) is 51.7 Å². The van der Waals surface area contributed by atoms with Crippen LogP contribution in [-0.2, 0) is 61.2 Å². The number of carbonyl (C=O) groups excluding carboxylic acids is 8. The minimum atomic E-state index is -4.45. The van der Waals surface area contributed by atoms with Crippen molar-refractivity contribution in [1.82, 2.24) is 29.8 Å². The van der Waals surface area contributed by atoms with Crippen molar-refractivity contribution < 1.29 is 157 Å². The summed E-state index contributed by atoms with van der Waals surface area (Å²) in [4.78, 5) is 111. The number of halogens is 18. The Morgan fingerprint density at radius 1 is 0.333 bits per heavy atom. The van der Waals surface area contributed by atoms with Crippen LogP contribution in [0.25, 0.3) is 0 Å². The average molecular weight is 2120 g/mol. The second-order valence-electron chi connectivity index (χ2n) is 31.4. The number of likely N-dealkylation sites (tertiary alicyclic amines) is 1. The van der Waals surface area contributed by atoms with E-state index in [1.54, 1.807) is 29.2 Å². The number of aromatic hydroxyl groups is 1. The molecular weight excluding hydrogens is 2030 g/mol. The van der Waals surface area contributed by atoms with Crippen molar-refractivity contribution in [1.29, 1.82) is 0 Å². The molecule has 0 unspecified atom stereocenters. The Morgan fingerprint density at radius 3 is 0.912 bits per heavy atom. The van der Waals surface area contributed by atoms with E-state index in [9.17, 15) is 109 Å². The number of methoxy groups -OCH3 is 2. The van der Waals surface area contributed by atoms with Crippen LogP contribution in [0.2, 0.25) is 0 Å². The molecule has 773 valence electrons. The highest BCUT2D eigenvalue weighted by Gasteiger charge is 2.39. The van der Waals surface area contributed by atoms with Gasteiger partial charge in [-0.15, -0.1) is 0 Å². The third-order valence-electron chi connectivity index (χ3n) is 21.4. The molecule has 12 aromatic rings. The van der Waals surface area contributed by atoms with Crippen LogP contribution in [0.4, 0.5) is 65.9 Å². The van der Waals surface area contributed by atoms with Gasteiger partial charge >= 0.3 is 67.0 Å². The fourth-order valence-corrected chi connectivity index (χ4v) is 13.7. The lowest BCUT2D eigenvalue weighted by Gasteiger charge is -2.48. The van der Waals surface area contributed by atoms with Crippen LogP contribution in [0.1, 0.15) is 106 Å². The smallest absolute Gasteiger partial charge is 0.485 e. The highest BCUT2D eigenvalue weighted by atomic mass is 35.5. The van der Waals surface area contributed by atoms with E-state index >= 15 is 0 Å². The summed E-state index contributed by atoms with van der Waals surface area (Å²) in [5, 5.41) is 26.2. The van der Waals surface area contributed by atoms with Gasteiger partial charge in [0.05, 0.1) is 65.3 Å². The molecule has 0 spiro atoms. The van der Waals surface area contributed by atoms with Gasteiger partial charge in [0.25, 0.3) is 23.0 Å². The Labute approximate surface area is 846 Å². The number of phenolic OH excluding ortho intramolecular Hbond substituents is 1. The van der Waals surface area contributed by atoms with Crippen LogP contribution in [0.15, 0.2) is 303 Å². The number of phenols is 1. The number of carboxylic acid groups (broad SMARTS) is 1. The monoisotopic (exact) mass is 2110 g/mol. The molecule has 16 rings (SSSR count). The molecule has 4 N–H and O–H groups in total. The lowest BCUT2D eigenvalue weighted by atomic mass is 10.0. The van der Waals surface area contributed by atoms with Gasteiger partial charge in [-0.3, -0.25) is 38.6 Å². The van der Waals surface area contributed by atoms with Crippen molar-refractivity contribution >= 4 is 93.8 Å². The van der Waals surface area contributed by atoms with E-state index in [1.807, 2.05) is 70.5 Å². The fraction of sp³-hybridized carbons (Fsp3) is 0.214. The predicted octanol–water partition coefficient (Wildman–Crippen LogP) is 22.0. The third kappa shape index (κ3) is 37.6. The van der Waals surface area contributed by atoms with Crippen LogP contribution < -0.4 is 24.3 Å². The van der Waals surface area contributed by atoms with Gasteiger partial charge in [-0.1, -0.05) is 72.8 Å². The standard InChI is InChI=1S/C28H26F3N3O3.C15H11F3O3.C14H8ClF3O2.C14H9F3O3.C14H19N3O.C8H7BF3O2.C8H8O3.C2Cl2O2/c29-28(30,31)22-7-4-8-25(17-22)37-24-11-9-21(10-12-24)27(36)34-18-23(19-34)32-13-15-33(16-14-32)26(35)20-5-2-1-3-6-20;1-20-14(19)10-5-7-12(8-6-10)21-13-4-2-3-11(9-13)15(16,17)18;15-13(19)9-4-6-11(7-5-9)20-12-3-1-2-10(8-12)14(16,17)18;15-14(16,17)10-2-1-3-12(8-10)20-11-6-4-9(5-7-11)13(18)19;18-14(12-4-2-1-3-5-12)17-8-6-16(7-9-17)13-10-15-11-13;10-8(11,12)7-3-1-2-6(4-7)5-14-9-13;1-11-8(10)6-2-4-7(9)5-3-6;3-1(5)2(4)6/h1-12,17,23H,13-16,18-19H2;2-9H,1H3;1-8H;1-8H,(H,18,19);1-5,13,15H,6-11H2;1-4,13H,5H2;2-5,9H,1H3;.